The number of fused-ring (bicyclic) bond motifs is 1. The van der Waals surface area contributed by atoms with Crippen molar-refractivity contribution in [2.45, 2.75) is 0 Å². The third-order valence-electron chi connectivity index (χ3n) is 5.17. The molecule has 2 fully saturated rings. The van der Waals surface area contributed by atoms with Crippen LogP contribution < -0.4 is 10.2 Å². The van der Waals surface area contributed by atoms with Gasteiger partial charge in [0.2, 0.25) is 5.13 Å². The van der Waals surface area contributed by atoms with Crippen LogP contribution >= 0.6 is 11.3 Å². The van der Waals surface area contributed by atoms with Gasteiger partial charge < -0.3 is 10.2 Å². The Balaban J connectivity index is 1.44. The Labute approximate surface area is 152 Å². The van der Waals surface area contributed by atoms with E-state index in [1.807, 2.05) is 0 Å². The number of rotatable bonds is 3. The van der Waals surface area contributed by atoms with Crippen molar-refractivity contribution in [3.63, 3.8) is 0 Å². The molecule has 0 bridgehead atoms. The van der Waals surface area contributed by atoms with Crippen LogP contribution in [0.15, 0.2) is 24.5 Å². The maximum absolute atomic E-state index is 14.6. The fourth-order valence-electron chi connectivity index (χ4n) is 3.79. The number of H-pyrrole nitrogens is 1. The van der Waals surface area contributed by atoms with E-state index in [4.69, 9.17) is 0 Å². The van der Waals surface area contributed by atoms with E-state index in [-0.39, 0.29) is 11.1 Å². The van der Waals surface area contributed by atoms with Crippen molar-refractivity contribution in [3.05, 3.63) is 36.2 Å². The molecule has 2 atom stereocenters. The molecule has 9 heteroatoms. The first kappa shape index (κ1) is 15.8. The average molecular weight is 374 g/mol. The zero-order valence-electron chi connectivity index (χ0n) is 13.7. The number of nitrogens with one attached hydrogen (secondary N) is 2. The summed E-state index contributed by atoms with van der Waals surface area (Å²) < 4.78 is 29.1. The Morgan fingerprint density at radius 3 is 2.50 bits per heavy atom. The van der Waals surface area contributed by atoms with Crippen LogP contribution in [0.4, 0.5) is 13.9 Å². The van der Waals surface area contributed by atoms with E-state index in [0.29, 0.717) is 22.4 Å². The second-order valence-corrected chi connectivity index (χ2v) is 7.73. The minimum atomic E-state index is -0.521. The molecule has 0 saturated carbocycles. The smallest absolute Gasteiger partial charge is 0.208 e. The molecule has 134 valence electrons. The van der Waals surface area contributed by atoms with Gasteiger partial charge in [0.1, 0.15) is 11.6 Å². The summed E-state index contributed by atoms with van der Waals surface area (Å²) in [6.45, 7) is 3.93. The summed E-state index contributed by atoms with van der Waals surface area (Å²) in [6, 6.07) is 2.37. The summed E-state index contributed by atoms with van der Waals surface area (Å²) in [7, 11) is 0. The number of aromatic nitrogens is 4. The highest BCUT2D eigenvalue weighted by Crippen LogP contribution is 2.37. The molecule has 0 aliphatic carbocycles. The van der Waals surface area contributed by atoms with Crippen molar-refractivity contribution in [2.75, 3.05) is 31.1 Å². The fourth-order valence-corrected chi connectivity index (χ4v) is 4.67. The topological polar surface area (TPSA) is 69.7 Å². The van der Waals surface area contributed by atoms with Crippen LogP contribution in [0.2, 0.25) is 0 Å². The molecular weight excluding hydrogens is 358 g/mol. The Hall–Kier alpha value is -2.39. The third kappa shape index (κ3) is 2.58. The number of benzene rings is 1. The molecule has 2 aliphatic heterocycles. The molecule has 2 aromatic heterocycles. The minimum Gasteiger partial charge on any atom is -0.346 e. The van der Waals surface area contributed by atoms with Gasteiger partial charge in [0.25, 0.3) is 0 Å². The number of nitrogens with zero attached hydrogens (tertiary/aromatic N) is 4. The van der Waals surface area contributed by atoms with E-state index in [1.54, 1.807) is 0 Å². The van der Waals surface area contributed by atoms with Gasteiger partial charge in [-0.25, -0.2) is 8.78 Å². The van der Waals surface area contributed by atoms with Gasteiger partial charge in [-0.3, -0.25) is 5.10 Å². The van der Waals surface area contributed by atoms with E-state index < -0.39 is 11.6 Å². The van der Waals surface area contributed by atoms with Crippen molar-refractivity contribution >= 4 is 16.5 Å². The summed E-state index contributed by atoms with van der Waals surface area (Å²) in [5.41, 5.74) is 0.812. The second kappa shape index (κ2) is 6.10. The zero-order valence-corrected chi connectivity index (χ0v) is 14.6. The quantitative estimate of drug-likeness (QED) is 0.737. The molecule has 0 amide bonds. The van der Waals surface area contributed by atoms with Gasteiger partial charge in [-0.15, -0.1) is 10.2 Å². The van der Waals surface area contributed by atoms with Gasteiger partial charge in [-0.2, -0.15) is 5.10 Å². The molecule has 0 radical (unpaired) electrons. The highest BCUT2D eigenvalue weighted by molar-refractivity contribution is 7.18. The summed E-state index contributed by atoms with van der Waals surface area (Å²) in [6.07, 6.45) is 2.99. The van der Waals surface area contributed by atoms with E-state index in [1.165, 1.54) is 35.9 Å². The largest absolute Gasteiger partial charge is 0.346 e. The van der Waals surface area contributed by atoms with Crippen LogP contribution in [0.1, 0.15) is 0 Å². The van der Waals surface area contributed by atoms with E-state index in [0.717, 1.165) is 31.3 Å². The average Bonchev–Trinajstić information content (AvgIpc) is 3.39. The van der Waals surface area contributed by atoms with Gasteiger partial charge in [-0.05, 0) is 24.0 Å². The molecule has 6 nitrogen and oxygen atoms in total. The number of hydrogen-bond acceptors (Lipinski definition) is 6. The Bertz CT molecular complexity index is 929. The van der Waals surface area contributed by atoms with Crippen molar-refractivity contribution < 1.29 is 8.78 Å². The number of hydrogen-bond donors (Lipinski definition) is 2. The lowest BCUT2D eigenvalue weighted by molar-refractivity contribution is 0.533. The summed E-state index contributed by atoms with van der Waals surface area (Å²) in [5.74, 6) is 0.227. The predicted molar refractivity (Wildman–Crippen MR) is 94.9 cm³/mol. The highest BCUT2D eigenvalue weighted by Gasteiger charge is 2.37. The van der Waals surface area contributed by atoms with Crippen molar-refractivity contribution in [2.24, 2.45) is 11.8 Å². The van der Waals surface area contributed by atoms with Gasteiger partial charge in [-0.1, -0.05) is 11.3 Å². The highest BCUT2D eigenvalue weighted by atomic mass is 32.1. The first-order valence-corrected chi connectivity index (χ1v) is 9.28. The van der Waals surface area contributed by atoms with Crippen LogP contribution in [-0.2, 0) is 0 Å². The summed E-state index contributed by atoms with van der Waals surface area (Å²) in [4.78, 5) is 2.20. The lowest BCUT2D eigenvalue weighted by Crippen LogP contribution is -2.25. The number of halogens is 2. The maximum Gasteiger partial charge on any atom is 0.208 e. The third-order valence-corrected chi connectivity index (χ3v) is 6.19. The Morgan fingerprint density at radius 2 is 1.77 bits per heavy atom. The van der Waals surface area contributed by atoms with Gasteiger partial charge in [0, 0.05) is 43.5 Å². The lowest BCUT2D eigenvalue weighted by Gasteiger charge is -2.14. The maximum atomic E-state index is 14.6. The lowest BCUT2D eigenvalue weighted by atomic mass is 10.0. The van der Waals surface area contributed by atoms with Crippen molar-refractivity contribution in [1.82, 2.24) is 25.7 Å². The molecule has 2 aliphatic rings. The van der Waals surface area contributed by atoms with Crippen LogP contribution in [0.25, 0.3) is 21.7 Å². The van der Waals surface area contributed by atoms with Crippen LogP contribution in [0.5, 0.6) is 0 Å². The normalized spacial score (nSPS) is 22.2. The zero-order chi connectivity index (χ0) is 17.7. The first-order valence-electron chi connectivity index (χ1n) is 8.47. The number of aromatic amines is 1. The standard InChI is InChI=1S/C17H16F2N6S/c18-14-2-13(15(19)1-12(14)9-5-21-22-6-9)16-23-24-17(26-16)25-7-10-3-20-4-11(10)8-25/h1-2,5-6,10-11,20H,3-4,7-8H2,(H,21,22)/t10-,11+. The molecule has 1 aromatic carbocycles. The Kier molecular flexibility index (Phi) is 3.71. The first-order chi connectivity index (χ1) is 12.7. The van der Waals surface area contributed by atoms with Crippen LogP contribution in [0, 0.1) is 23.5 Å². The van der Waals surface area contributed by atoms with Crippen LogP contribution in [0.3, 0.4) is 0 Å². The monoisotopic (exact) mass is 374 g/mol. The molecule has 5 rings (SSSR count). The summed E-state index contributed by atoms with van der Waals surface area (Å²) in [5, 5.41) is 19.3. The van der Waals surface area contributed by atoms with Gasteiger partial charge in [0.05, 0.1) is 11.8 Å². The van der Waals surface area contributed by atoms with Crippen LogP contribution in [-0.4, -0.2) is 46.6 Å². The van der Waals surface area contributed by atoms with Crippen molar-refractivity contribution in [3.8, 4) is 21.7 Å². The number of anilines is 1. The van der Waals surface area contributed by atoms with E-state index in [2.05, 4.69) is 30.6 Å². The Morgan fingerprint density at radius 1 is 1.04 bits per heavy atom. The predicted octanol–water partition coefficient (Wildman–Crippen LogP) is 2.53. The van der Waals surface area contributed by atoms with Gasteiger partial charge >= 0.3 is 0 Å². The molecule has 4 heterocycles. The minimum absolute atomic E-state index is 0.138. The molecular formula is C17H16F2N6S. The molecule has 2 N–H and O–H groups in total. The molecule has 26 heavy (non-hydrogen) atoms. The SMILES string of the molecule is Fc1cc(-c2nnc(N3C[C@H]4CNC[C@H]4C3)s2)c(F)cc1-c1cn[nH]c1. The van der Waals surface area contributed by atoms with Gasteiger partial charge in [0.15, 0.2) is 5.01 Å². The van der Waals surface area contributed by atoms with Crippen molar-refractivity contribution in [1.29, 1.82) is 0 Å². The fraction of sp³-hybridized carbons (Fsp3) is 0.353. The van der Waals surface area contributed by atoms with E-state index in [9.17, 15) is 8.78 Å². The van der Waals surface area contributed by atoms with E-state index >= 15 is 0 Å². The second-order valence-electron chi connectivity index (χ2n) is 6.77. The molecule has 3 aromatic rings. The molecule has 0 spiro atoms. The molecule has 0 unspecified atom stereocenters. The molecule has 2 saturated heterocycles. The summed E-state index contributed by atoms with van der Waals surface area (Å²) >= 11 is 1.31.